The summed E-state index contributed by atoms with van der Waals surface area (Å²) in [4.78, 5) is 15.7. The Morgan fingerprint density at radius 1 is 1.62 bits per heavy atom. The second kappa shape index (κ2) is 4.61. The molecule has 2 rings (SSSR count). The van der Waals surface area contributed by atoms with Crippen molar-refractivity contribution in [2.75, 3.05) is 0 Å². The van der Waals surface area contributed by atoms with Crippen LogP contribution in [0.4, 0.5) is 0 Å². The van der Waals surface area contributed by atoms with Gasteiger partial charge in [0.05, 0.1) is 6.54 Å². The molecule has 2 unspecified atom stereocenters. The van der Waals surface area contributed by atoms with Gasteiger partial charge in [-0.15, -0.1) is 0 Å². The van der Waals surface area contributed by atoms with Crippen molar-refractivity contribution < 1.29 is 9.32 Å². The van der Waals surface area contributed by atoms with E-state index in [9.17, 15) is 4.79 Å². The predicted molar refractivity (Wildman–Crippen MR) is 56.2 cm³/mol. The average molecular weight is 224 g/mol. The van der Waals surface area contributed by atoms with E-state index in [1.54, 1.807) is 6.92 Å². The van der Waals surface area contributed by atoms with Crippen molar-refractivity contribution in [1.82, 2.24) is 15.5 Å². The molecule has 1 aliphatic carbocycles. The van der Waals surface area contributed by atoms with Crippen molar-refractivity contribution in [2.45, 2.75) is 38.8 Å². The Balaban J connectivity index is 1.80. The summed E-state index contributed by atoms with van der Waals surface area (Å²) in [6, 6.07) is 0.170. The second-order valence-electron chi connectivity index (χ2n) is 4.22. The lowest BCUT2D eigenvalue weighted by molar-refractivity contribution is -0.125. The van der Waals surface area contributed by atoms with Gasteiger partial charge in [0.1, 0.15) is 0 Å². The molecular formula is C10H16N4O2. The van der Waals surface area contributed by atoms with Crippen molar-refractivity contribution >= 4 is 5.91 Å². The Bertz CT molecular complexity index is 377. The van der Waals surface area contributed by atoms with E-state index in [1.165, 1.54) is 0 Å². The summed E-state index contributed by atoms with van der Waals surface area (Å²) in [5.41, 5.74) is 5.75. The first kappa shape index (κ1) is 11.1. The third-order valence-corrected chi connectivity index (χ3v) is 2.83. The van der Waals surface area contributed by atoms with Gasteiger partial charge in [-0.1, -0.05) is 5.16 Å². The molecule has 1 aliphatic rings. The summed E-state index contributed by atoms with van der Waals surface area (Å²) >= 11 is 0. The molecular weight excluding hydrogens is 208 g/mol. The topological polar surface area (TPSA) is 94.0 Å². The maximum Gasteiger partial charge on any atom is 0.223 e. The Kier molecular flexibility index (Phi) is 3.19. The molecule has 6 heteroatoms. The Morgan fingerprint density at radius 2 is 2.44 bits per heavy atom. The van der Waals surface area contributed by atoms with Crippen LogP contribution in [0.2, 0.25) is 0 Å². The summed E-state index contributed by atoms with van der Waals surface area (Å²) in [7, 11) is 0. The summed E-state index contributed by atoms with van der Waals surface area (Å²) in [6.07, 6.45) is 2.58. The van der Waals surface area contributed by atoms with Crippen LogP contribution in [0.3, 0.4) is 0 Å². The van der Waals surface area contributed by atoms with E-state index >= 15 is 0 Å². The maximum atomic E-state index is 11.7. The fourth-order valence-corrected chi connectivity index (χ4v) is 1.98. The first-order chi connectivity index (χ1) is 7.65. The first-order valence-corrected chi connectivity index (χ1v) is 5.47. The molecule has 0 aliphatic heterocycles. The van der Waals surface area contributed by atoms with Gasteiger partial charge >= 0.3 is 0 Å². The zero-order valence-corrected chi connectivity index (χ0v) is 9.27. The quantitative estimate of drug-likeness (QED) is 0.760. The number of nitrogens with two attached hydrogens (primary N) is 1. The number of carbonyl (C=O) groups excluding carboxylic acids is 1. The van der Waals surface area contributed by atoms with Crippen molar-refractivity contribution in [2.24, 2.45) is 11.7 Å². The number of rotatable bonds is 3. The molecule has 1 fully saturated rings. The van der Waals surface area contributed by atoms with Gasteiger partial charge in [-0.3, -0.25) is 4.79 Å². The minimum atomic E-state index is 0.0374. The third-order valence-electron chi connectivity index (χ3n) is 2.83. The molecule has 1 heterocycles. The number of carbonyl (C=O) groups is 1. The molecule has 0 saturated heterocycles. The van der Waals surface area contributed by atoms with Crippen molar-refractivity contribution in [1.29, 1.82) is 0 Å². The van der Waals surface area contributed by atoms with Crippen LogP contribution in [-0.2, 0) is 11.3 Å². The van der Waals surface area contributed by atoms with Gasteiger partial charge in [0.25, 0.3) is 0 Å². The molecule has 1 aromatic rings. The highest BCUT2D eigenvalue weighted by atomic mass is 16.5. The van der Waals surface area contributed by atoms with Crippen molar-refractivity contribution in [3.8, 4) is 0 Å². The molecule has 16 heavy (non-hydrogen) atoms. The number of aromatic nitrogens is 2. The molecule has 3 N–H and O–H groups in total. The van der Waals surface area contributed by atoms with Crippen LogP contribution < -0.4 is 11.1 Å². The zero-order chi connectivity index (χ0) is 11.5. The van der Waals surface area contributed by atoms with Gasteiger partial charge in [0, 0.05) is 18.9 Å². The number of hydrogen-bond donors (Lipinski definition) is 2. The summed E-state index contributed by atoms with van der Waals surface area (Å²) in [5, 5.41) is 6.50. The Morgan fingerprint density at radius 3 is 3.00 bits per heavy atom. The van der Waals surface area contributed by atoms with Gasteiger partial charge in [-0.2, -0.15) is 4.98 Å². The lowest BCUT2D eigenvalue weighted by Crippen LogP contribution is -2.30. The van der Waals surface area contributed by atoms with Crippen LogP contribution in [0.25, 0.3) is 0 Å². The maximum absolute atomic E-state index is 11.7. The largest absolute Gasteiger partial charge is 0.348 e. The SMILES string of the molecule is Cc1nc(CNC(=O)C2CCC(N)C2)no1. The van der Waals surface area contributed by atoms with E-state index in [4.69, 9.17) is 10.3 Å². The molecule has 1 amide bonds. The highest BCUT2D eigenvalue weighted by Crippen LogP contribution is 2.23. The molecule has 6 nitrogen and oxygen atoms in total. The molecule has 1 saturated carbocycles. The standard InChI is InChI=1S/C10H16N4O2/c1-6-13-9(14-16-6)5-12-10(15)7-2-3-8(11)4-7/h7-8H,2-5,11H2,1H3,(H,12,15). The van der Waals surface area contributed by atoms with E-state index in [0.29, 0.717) is 18.3 Å². The minimum Gasteiger partial charge on any atom is -0.348 e. The Hall–Kier alpha value is -1.43. The second-order valence-corrected chi connectivity index (χ2v) is 4.22. The van der Waals surface area contributed by atoms with Crippen LogP contribution in [0.5, 0.6) is 0 Å². The summed E-state index contributed by atoms with van der Waals surface area (Å²) in [6.45, 7) is 2.04. The molecule has 1 aromatic heterocycles. The number of nitrogens with one attached hydrogen (secondary N) is 1. The monoisotopic (exact) mass is 224 g/mol. The third kappa shape index (κ3) is 2.57. The van der Waals surface area contributed by atoms with Crippen molar-refractivity contribution in [3.63, 3.8) is 0 Å². The van der Waals surface area contributed by atoms with Crippen molar-refractivity contribution in [3.05, 3.63) is 11.7 Å². The Labute approximate surface area is 93.6 Å². The van der Waals surface area contributed by atoms with Crippen LogP contribution in [0.15, 0.2) is 4.52 Å². The van der Waals surface area contributed by atoms with Crippen LogP contribution >= 0.6 is 0 Å². The molecule has 2 atom stereocenters. The van der Waals surface area contributed by atoms with E-state index in [1.807, 2.05) is 0 Å². The number of amides is 1. The smallest absolute Gasteiger partial charge is 0.223 e. The highest BCUT2D eigenvalue weighted by molar-refractivity contribution is 5.78. The summed E-state index contributed by atoms with van der Waals surface area (Å²) < 4.78 is 4.81. The van der Waals surface area contributed by atoms with Gasteiger partial charge in [-0.05, 0) is 19.3 Å². The van der Waals surface area contributed by atoms with E-state index in [-0.39, 0.29) is 17.9 Å². The fraction of sp³-hybridized carbons (Fsp3) is 0.700. The normalized spacial score (nSPS) is 24.6. The fourth-order valence-electron chi connectivity index (χ4n) is 1.98. The molecule has 0 aromatic carbocycles. The van der Waals surface area contributed by atoms with E-state index < -0.39 is 0 Å². The average Bonchev–Trinajstić information content (AvgIpc) is 2.84. The number of nitrogens with zero attached hydrogens (tertiary/aromatic N) is 2. The number of hydrogen-bond acceptors (Lipinski definition) is 5. The van der Waals surface area contributed by atoms with Crippen LogP contribution in [-0.4, -0.2) is 22.1 Å². The molecule has 88 valence electrons. The zero-order valence-electron chi connectivity index (χ0n) is 9.27. The van der Waals surface area contributed by atoms with E-state index in [2.05, 4.69) is 15.5 Å². The highest BCUT2D eigenvalue weighted by Gasteiger charge is 2.27. The summed E-state index contributed by atoms with van der Waals surface area (Å²) in [5.74, 6) is 1.10. The lowest BCUT2D eigenvalue weighted by atomic mass is 10.1. The van der Waals surface area contributed by atoms with Gasteiger partial charge < -0.3 is 15.6 Å². The molecule has 0 radical (unpaired) electrons. The first-order valence-electron chi connectivity index (χ1n) is 5.47. The number of aryl methyl sites for hydroxylation is 1. The minimum absolute atomic E-state index is 0.0374. The van der Waals surface area contributed by atoms with E-state index in [0.717, 1.165) is 19.3 Å². The van der Waals surface area contributed by atoms with Crippen LogP contribution in [0, 0.1) is 12.8 Å². The molecule has 0 spiro atoms. The predicted octanol–water partition coefficient (Wildman–Crippen LogP) is 0.122. The molecule has 0 bridgehead atoms. The van der Waals surface area contributed by atoms with Gasteiger partial charge in [0.2, 0.25) is 11.8 Å². The van der Waals surface area contributed by atoms with Gasteiger partial charge in [0.15, 0.2) is 5.82 Å². The van der Waals surface area contributed by atoms with Gasteiger partial charge in [-0.25, -0.2) is 0 Å². The van der Waals surface area contributed by atoms with Crippen LogP contribution in [0.1, 0.15) is 31.0 Å². The lowest BCUT2D eigenvalue weighted by Gasteiger charge is -2.08.